The van der Waals surface area contributed by atoms with Crippen molar-refractivity contribution in [1.29, 1.82) is 0 Å². The summed E-state index contributed by atoms with van der Waals surface area (Å²) in [6.07, 6.45) is -2.28. The SMILES string of the molecule is CCCOC[C@H]1C(=O)N[C@@H]([C@@H](C)CC)C(=O)N(C)CC(=O)N(C)[C@H]2C/C=C\CCN(C2=O)[C@@H](CC2CCC(C)CC2)C(=O)N(C)CC(=O)N[C@@H](CCC2CC(F)C(C(F)(F)F)C(F)C2)C(=O)N2C[C@@H](C)C[C@H]2C(=O)NC2(CC(C)(C)C2)C(=O)N(C)[C@@H](C2CCCC2)C(=O)N(C)[C@H](C(=O)N(C)CC)CC(=O)N1C. The van der Waals surface area contributed by atoms with Crippen molar-refractivity contribution in [2.45, 2.75) is 263 Å². The second-order valence-electron chi connectivity index (χ2n) is 33.3. The van der Waals surface area contributed by atoms with Gasteiger partial charge >= 0.3 is 6.18 Å². The van der Waals surface area contributed by atoms with Crippen molar-refractivity contribution in [1.82, 2.24) is 60.0 Å². The van der Waals surface area contributed by atoms with E-state index in [0.29, 0.717) is 50.9 Å². The first-order chi connectivity index (χ1) is 50.2. The van der Waals surface area contributed by atoms with Gasteiger partial charge in [-0.05, 0) is 131 Å². The van der Waals surface area contributed by atoms with Crippen LogP contribution < -0.4 is 16.0 Å². The highest BCUT2D eigenvalue weighted by Gasteiger charge is 2.60. The minimum Gasteiger partial charge on any atom is -0.379 e. The average Bonchev–Trinajstić information content (AvgIpc) is 1.32. The fourth-order valence-corrected chi connectivity index (χ4v) is 17.6. The smallest absolute Gasteiger partial charge is 0.379 e. The van der Waals surface area contributed by atoms with Gasteiger partial charge in [0.15, 0.2) is 0 Å². The van der Waals surface area contributed by atoms with Gasteiger partial charge in [0.05, 0.1) is 26.1 Å². The Morgan fingerprint density at radius 2 is 1.30 bits per heavy atom. The van der Waals surface area contributed by atoms with Crippen molar-refractivity contribution >= 4 is 70.9 Å². The van der Waals surface area contributed by atoms with Crippen LogP contribution in [-0.4, -0.2) is 283 Å². The van der Waals surface area contributed by atoms with E-state index in [4.69, 9.17) is 4.74 Å². The van der Waals surface area contributed by atoms with Crippen molar-refractivity contribution in [3.63, 3.8) is 0 Å². The molecule has 4 saturated carbocycles. The molecule has 2 bridgehead atoms. The first-order valence-electron chi connectivity index (χ1n) is 39.1. The number of hydrogen-bond acceptors (Lipinski definition) is 13. The van der Waals surface area contributed by atoms with Crippen molar-refractivity contribution in [2.75, 3.05) is 95.3 Å². The van der Waals surface area contributed by atoms with Crippen LogP contribution in [-0.2, 0) is 62.3 Å². The molecule has 1 spiro atoms. The van der Waals surface area contributed by atoms with E-state index in [1.807, 2.05) is 33.8 Å². The van der Waals surface area contributed by atoms with Gasteiger partial charge < -0.3 is 64.8 Å². The molecule has 3 N–H and O–H groups in total. The van der Waals surface area contributed by atoms with Crippen molar-refractivity contribution in [2.24, 2.45) is 46.8 Å². The normalized spacial score (nSPS) is 32.4. The van der Waals surface area contributed by atoms with Crippen LogP contribution in [0.4, 0.5) is 22.0 Å². The lowest BCUT2D eigenvalue weighted by atomic mass is 9.58. The molecular weight excluding hydrogens is 1400 g/mol. The lowest BCUT2D eigenvalue weighted by Crippen LogP contribution is -2.71. The van der Waals surface area contributed by atoms with Gasteiger partial charge in [0.25, 0.3) is 0 Å². The number of nitrogens with one attached hydrogen (secondary N) is 3. The minimum atomic E-state index is -5.17. The molecular formula is C77H123F5N12O13. The molecule has 7 aliphatic rings. The second-order valence-corrected chi connectivity index (χ2v) is 33.3. The molecule has 4 aliphatic carbocycles. The van der Waals surface area contributed by atoms with E-state index in [9.17, 15) is 37.1 Å². The summed E-state index contributed by atoms with van der Waals surface area (Å²) >= 11 is 0. The number of carbonyl (C=O) groups is 12. The Kier molecular flexibility index (Phi) is 30.7. The van der Waals surface area contributed by atoms with E-state index in [0.717, 1.165) is 45.3 Å². The molecule has 3 heterocycles. The summed E-state index contributed by atoms with van der Waals surface area (Å²) in [5.74, 6) is -13.5. The van der Waals surface area contributed by atoms with Gasteiger partial charge in [-0.2, -0.15) is 13.2 Å². The molecule has 0 aromatic heterocycles. The number of halogens is 5. The number of ether oxygens (including phenoxy) is 1. The zero-order valence-corrected chi connectivity index (χ0v) is 66.0. The monoisotopic (exact) mass is 1520 g/mol. The summed E-state index contributed by atoms with van der Waals surface area (Å²) in [6.45, 7) is 13.5. The molecule has 2 unspecified atom stereocenters. The van der Waals surface area contributed by atoms with Crippen LogP contribution in [0.25, 0.3) is 0 Å². The number of amides is 12. The predicted molar refractivity (Wildman–Crippen MR) is 390 cm³/mol. The van der Waals surface area contributed by atoms with Gasteiger partial charge in [0, 0.05) is 75.6 Å². The number of fused-ring (bicyclic) bond motifs is 3. The summed E-state index contributed by atoms with van der Waals surface area (Å²) in [4.78, 5) is 193. The number of hydrogen-bond donors (Lipinski definition) is 3. The highest BCUT2D eigenvalue weighted by molar-refractivity contribution is 6.01. The molecule has 2 saturated heterocycles. The first kappa shape index (κ1) is 87.2. The quantitative estimate of drug-likeness (QED) is 0.0960. The molecule has 107 heavy (non-hydrogen) atoms. The van der Waals surface area contributed by atoms with Crippen molar-refractivity contribution < 1.29 is 84.2 Å². The molecule has 7 rings (SSSR count). The van der Waals surface area contributed by atoms with E-state index >= 15 is 42.3 Å². The van der Waals surface area contributed by atoms with Crippen molar-refractivity contribution in [3.05, 3.63) is 12.2 Å². The van der Waals surface area contributed by atoms with E-state index in [1.165, 1.54) is 73.8 Å². The van der Waals surface area contributed by atoms with Crippen LogP contribution in [0, 0.1) is 46.8 Å². The van der Waals surface area contributed by atoms with Crippen LogP contribution in [0.5, 0.6) is 0 Å². The summed E-state index contributed by atoms with van der Waals surface area (Å²) in [7, 11) is 9.86. The van der Waals surface area contributed by atoms with Gasteiger partial charge in [0.1, 0.15) is 72.1 Å². The Morgan fingerprint density at radius 3 is 1.89 bits per heavy atom. The third-order valence-electron chi connectivity index (χ3n) is 24.3. The summed E-state index contributed by atoms with van der Waals surface area (Å²) in [6, 6.07) is -10.7. The Morgan fingerprint density at radius 1 is 0.673 bits per heavy atom. The van der Waals surface area contributed by atoms with Crippen molar-refractivity contribution in [3.8, 4) is 0 Å². The van der Waals surface area contributed by atoms with Gasteiger partial charge in [-0.1, -0.05) is 106 Å². The maximum absolute atomic E-state index is 15.8. The fraction of sp³-hybridized carbons (Fsp3) is 0.818. The van der Waals surface area contributed by atoms with Gasteiger partial charge in [-0.3, -0.25) is 57.5 Å². The predicted octanol–water partition coefficient (Wildman–Crippen LogP) is 6.45. The molecule has 25 nitrogen and oxygen atoms in total. The first-order valence-corrected chi connectivity index (χ1v) is 39.1. The Balaban J connectivity index is 1.33. The fourth-order valence-electron chi connectivity index (χ4n) is 17.6. The number of carbonyl (C=O) groups excluding carboxylic acids is 12. The standard InChI is InChI=1S/C77H123F5N12O13/c1-16-34-107-43-59-66(98)84-64(48(6)17-2)72(104)88(11)42-62(97)89(12)55-26-20-19-23-33-93(71(55)103)58(38-49-29-27-46(4)28-30-49)70(102)87(10)41-60(95)83-54(32-31-50-36-52(78)63(53(79)37-50)77(80,81)82)68(100)94-40-47(5)35-56(94)67(99)85-76(44-75(7,8)45-76)74(106)92(15)65(51-24-21-22-25-51)73(105)91(14)57(39-61(96)90(59)13)69(101)86(9)18-3/h19-20,46-59,63-65H,16-18,21-45H2,1-15H3,(H,83,95)(H,84,98)(H,85,99)/b20-19-/t46?,47-,48-,49?,50?,52?,53?,54-,55-,56-,57-,58-,59-,63?,64-,65-/m0/s1. The van der Waals surface area contributed by atoms with Gasteiger partial charge in [-0.25, -0.2) is 8.78 Å². The summed E-state index contributed by atoms with van der Waals surface area (Å²) < 4.78 is 78.8. The third-order valence-corrected chi connectivity index (χ3v) is 24.3. The lowest BCUT2D eigenvalue weighted by molar-refractivity contribution is -0.219. The van der Waals surface area contributed by atoms with Crippen LogP contribution >= 0.6 is 0 Å². The largest absolute Gasteiger partial charge is 0.397 e. The molecule has 0 aromatic rings. The molecule has 12 atom stereocenters. The number of rotatable bonds is 14. The van der Waals surface area contributed by atoms with Crippen LogP contribution in [0.3, 0.4) is 0 Å². The molecule has 0 aromatic carbocycles. The van der Waals surface area contributed by atoms with Crippen LogP contribution in [0.1, 0.15) is 190 Å². The van der Waals surface area contributed by atoms with Crippen LogP contribution in [0.15, 0.2) is 12.2 Å². The number of nitrogens with zero attached hydrogens (tertiary/aromatic N) is 9. The van der Waals surface area contributed by atoms with Gasteiger partial charge in [-0.15, -0.1) is 0 Å². The van der Waals surface area contributed by atoms with E-state index < -0.39 is 205 Å². The molecule has 3 aliphatic heterocycles. The number of likely N-dealkylation sites (N-methyl/N-ethyl adjacent to an activating group) is 7. The van der Waals surface area contributed by atoms with Gasteiger partial charge in [0.2, 0.25) is 70.9 Å². The van der Waals surface area contributed by atoms with E-state index in [1.54, 1.807) is 26.8 Å². The minimum absolute atomic E-state index is 0.0103. The third kappa shape index (κ3) is 21.3. The second kappa shape index (κ2) is 37.6. The summed E-state index contributed by atoms with van der Waals surface area (Å²) in [5, 5.41) is 8.64. The molecule has 12 amide bonds. The van der Waals surface area contributed by atoms with E-state index in [-0.39, 0.29) is 89.6 Å². The summed E-state index contributed by atoms with van der Waals surface area (Å²) in [5.41, 5.74) is -2.23. The molecule has 30 heteroatoms. The molecule has 6 fully saturated rings. The molecule has 0 radical (unpaired) electrons. The van der Waals surface area contributed by atoms with Crippen LogP contribution in [0.2, 0.25) is 0 Å². The van der Waals surface area contributed by atoms with E-state index in [2.05, 4.69) is 22.9 Å². The zero-order chi connectivity index (χ0) is 79.5. The maximum Gasteiger partial charge on any atom is 0.397 e. The Bertz CT molecular complexity index is 3180. The topological polar surface area (TPSA) is 279 Å². The average molecular weight is 1520 g/mol. The Labute approximate surface area is 629 Å². The highest BCUT2D eigenvalue weighted by Crippen LogP contribution is 2.50. The maximum atomic E-state index is 15.8. The molecule has 604 valence electrons. The Hall–Kier alpha value is -7.01. The lowest BCUT2D eigenvalue weighted by Gasteiger charge is -2.54. The number of alkyl halides is 5. The zero-order valence-electron chi connectivity index (χ0n) is 66.0. The highest BCUT2D eigenvalue weighted by atomic mass is 19.4.